The van der Waals surface area contributed by atoms with Crippen molar-refractivity contribution in [3.63, 3.8) is 0 Å². The summed E-state index contributed by atoms with van der Waals surface area (Å²) in [5, 5.41) is 18.3. The van der Waals surface area contributed by atoms with Gasteiger partial charge in [0.05, 0.1) is 6.04 Å². The molecule has 4 unspecified atom stereocenters. The van der Waals surface area contributed by atoms with Gasteiger partial charge in [-0.15, -0.1) is 0 Å². The SMILES string of the molecule is CC(C)C(NC(=O)C(NC(=O)C(Cc1c[nH]c2ccccc12)NC(=O)C(N)CCCN=C(N)N)C(C)C)C(=O)O. The van der Waals surface area contributed by atoms with Gasteiger partial charge in [0.25, 0.3) is 0 Å². The van der Waals surface area contributed by atoms with E-state index in [0.29, 0.717) is 13.0 Å². The Hall–Kier alpha value is -4.13. The second-order valence-corrected chi connectivity index (χ2v) is 10.5. The summed E-state index contributed by atoms with van der Waals surface area (Å²) in [4.78, 5) is 58.2. The number of fused-ring (bicyclic) bond motifs is 1. The number of hydrogen-bond donors (Lipinski definition) is 8. The van der Waals surface area contributed by atoms with E-state index in [2.05, 4.69) is 25.9 Å². The number of benzene rings is 1. The number of nitrogens with one attached hydrogen (secondary N) is 4. The van der Waals surface area contributed by atoms with Gasteiger partial charge in [-0.05, 0) is 36.3 Å². The number of amides is 3. The highest BCUT2D eigenvalue weighted by Gasteiger charge is 2.33. The molecule has 0 saturated heterocycles. The van der Waals surface area contributed by atoms with Crippen molar-refractivity contribution in [2.45, 2.75) is 71.1 Å². The maximum absolute atomic E-state index is 13.6. The van der Waals surface area contributed by atoms with Crippen LogP contribution < -0.4 is 33.2 Å². The summed E-state index contributed by atoms with van der Waals surface area (Å²) < 4.78 is 0. The number of guanidine groups is 1. The van der Waals surface area contributed by atoms with Gasteiger partial charge in [-0.3, -0.25) is 19.4 Å². The molecule has 220 valence electrons. The molecule has 11 N–H and O–H groups in total. The van der Waals surface area contributed by atoms with Crippen molar-refractivity contribution in [3.05, 3.63) is 36.0 Å². The summed E-state index contributed by atoms with van der Waals surface area (Å²) in [6, 6.07) is 3.40. The summed E-state index contributed by atoms with van der Waals surface area (Å²) in [6.45, 7) is 7.12. The minimum Gasteiger partial charge on any atom is -0.480 e. The molecule has 0 aliphatic rings. The third kappa shape index (κ3) is 9.26. The lowest BCUT2D eigenvalue weighted by atomic mass is 9.98. The third-order valence-corrected chi connectivity index (χ3v) is 6.51. The first-order valence-electron chi connectivity index (χ1n) is 13.3. The Morgan fingerprint density at radius 2 is 1.55 bits per heavy atom. The Labute approximate surface area is 233 Å². The van der Waals surface area contributed by atoms with Gasteiger partial charge < -0.3 is 43.2 Å². The van der Waals surface area contributed by atoms with Gasteiger partial charge in [0.1, 0.15) is 18.1 Å². The summed E-state index contributed by atoms with van der Waals surface area (Å²) >= 11 is 0. The van der Waals surface area contributed by atoms with Crippen LogP contribution in [0.15, 0.2) is 35.5 Å². The highest BCUT2D eigenvalue weighted by molar-refractivity contribution is 5.95. The minimum atomic E-state index is -1.17. The largest absolute Gasteiger partial charge is 0.480 e. The van der Waals surface area contributed by atoms with Crippen molar-refractivity contribution in [1.29, 1.82) is 0 Å². The standard InChI is InChI=1S/C27H42N8O5/c1-14(2)21(25(38)35-22(15(3)4)26(39)40)34-24(37)20(12-16-13-32-19-10-6-5-8-17(16)19)33-23(36)18(28)9-7-11-31-27(29)30/h5-6,8,10,13-15,18,20-22,32H,7,9,11-12,28H2,1-4H3,(H,33,36)(H,34,37)(H,35,38)(H,39,40)(H4,29,30,31). The molecule has 1 aromatic heterocycles. The average molecular weight is 559 g/mol. The van der Waals surface area contributed by atoms with Crippen LogP contribution in [0.2, 0.25) is 0 Å². The Morgan fingerprint density at radius 3 is 2.15 bits per heavy atom. The number of aliphatic imine (C=N–C) groups is 1. The lowest BCUT2D eigenvalue weighted by Gasteiger charge is -2.28. The average Bonchev–Trinajstić information content (AvgIpc) is 3.29. The zero-order valence-electron chi connectivity index (χ0n) is 23.4. The van der Waals surface area contributed by atoms with E-state index in [1.54, 1.807) is 33.9 Å². The lowest BCUT2D eigenvalue weighted by Crippen LogP contribution is -2.59. The number of hydrogen-bond acceptors (Lipinski definition) is 6. The van der Waals surface area contributed by atoms with Gasteiger partial charge >= 0.3 is 5.97 Å². The fourth-order valence-corrected chi connectivity index (χ4v) is 4.20. The molecule has 0 saturated carbocycles. The highest BCUT2D eigenvalue weighted by atomic mass is 16.4. The van der Waals surface area contributed by atoms with Crippen molar-refractivity contribution in [3.8, 4) is 0 Å². The van der Waals surface area contributed by atoms with Gasteiger partial charge in [0, 0.05) is 30.1 Å². The molecule has 2 aromatic rings. The highest BCUT2D eigenvalue weighted by Crippen LogP contribution is 2.19. The molecule has 1 aromatic carbocycles. The number of nitrogens with zero attached hydrogens (tertiary/aromatic N) is 1. The zero-order chi connectivity index (χ0) is 30.0. The van der Waals surface area contributed by atoms with E-state index in [0.717, 1.165) is 16.5 Å². The number of aliphatic carboxylic acids is 1. The minimum absolute atomic E-state index is 0.0553. The number of H-pyrrole nitrogens is 1. The number of aromatic nitrogens is 1. The number of carboxylic acid groups (broad SMARTS) is 1. The smallest absolute Gasteiger partial charge is 0.326 e. The molecule has 40 heavy (non-hydrogen) atoms. The van der Waals surface area contributed by atoms with Crippen LogP contribution >= 0.6 is 0 Å². The summed E-state index contributed by atoms with van der Waals surface area (Å²) in [7, 11) is 0. The number of carbonyl (C=O) groups is 4. The molecule has 0 aliphatic heterocycles. The van der Waals surface area contributed by atoms with E-state index in [1.165, 1.54) is 0 Å². The molecule has 0 aliphatic carbocycles. The summed E-state index contributed by atoms with van der Waals surface area (Å²) in [5.41, 5.74) is 18.4. The van der Waals surface area contributed by atoms with E-state index in [-0.39, 0.29) is 30.6 Å². The third-order valence-electron chi connectivity index (χ3n) is 6.51. The molecule has 13 nitrogen and oxygen atoms in total. The maximum atomic E-state index is 13.6. The predicted octanol–water partition coefficient (Wildman–Crippen LogP) is -0.0577. The van der Waals surface area contributed by atoms with Gasteiger partial charge in [0.2, 0.25) is 17.7 Å². The maximum Gasteiger partial charge on any atom is 0.326 e. The van der Waals surface area contributed by atoms with Crippen LogP contribution in [0.3, 0.4) is 0 Å². The van der Waals surface area contributed by atoms with E-state index in [4.69, 9.17) is 17.2 Å². The van der Waals surface area contributed by atoms with E-state index < -0.39 is 47.9 Å². The quantitative estimate of drug-likeness (QED) is 0.0836. The van der Waals surface area contributed by atoms with Crippen LogP contribution in [-0.4, -0.2) is 70.5 Å². The van der Waals surface area contributed by atoms with Crippen LogP contribution in [0.5, 0.6) is 0 Å². The number of rotatable bonds is 15. The Morgan fingerprint density at radius 1 is 0.925 bits per heavy atom. The van der Waals surface area contributed by atoms with Gasteiger partial charge in [0.15, 0.2) is 5.96 Å². The van der Waals surface area contributed by atoms with Crippen LogP contribution in [0.25, 0.3) is 10.9 Å². The van der Waals surface area contributed by atoms with Crippen LogP contribution in [0, 0.1) is 11.8 Å². The molecule has 0 bridgehead atoms. The van der Waals surface area contributed by atoms with Crippen molar-refractivity contribution in [1.82, 2.24) is 20.9 Å². The fraction of sp³-hybridized carbons (Fsp3) is 0.519. The van der Waals surface area contributed by atoms with Crippen molar-refractivity contribution < 1.29 is 24.3 Å². The van der Waals surface area contributed by atoms with Crippen molar-refractivity contribution >= 4 is 40.6 Å². The molecule has 0 spiro atoms. The molecule has 0 fully saturated rings. The Bertz CT molecular complexity index is 1200. The van der Waals surface area contributed by atoms with Gasteiger partial charge in [-0.25, -0.2) is 4.79 Å². The predicted molar refractivity (Wildman–Crippen MR) is 153 cm³/mol. The molecular formula is C27H42N8O5. The topological polar surface area (TPSA) is 231 Å². The lowest BCUT2D eigenvalue weighted by molar-refractivity contribution is -0.143. The zero-order valence-corrected chi connectivity index (χ0v) is 23.4. The molecule has 2 rings (SSSR count). The number of nitrogens with two attached hydrogens (primary N) is 3. The number of carbonyl (C=O) groups excluding carboxylic acids is 3. The first kappa shape index (κ1) is 32.1. The Balaban J connectivity index is 2.25. The van der Waals surface area contributed by atoms with Crippen molar-refractivity contribution in [2.24, 2.45) is 34.0 Å². The van der Waals surface area contributed by atoms with Crippen LogP contribution in [0.1, 0.15) is 46.1 Å². The molecular weight excluding hydrogens is 516 g/mol. The molecule has 0 radical (unpaired) electrons. The Kier molecular flexibility index (Phi) is 11.9. The number of carboxylic acids is 1. The number of aromatic amines is 1. The normalized spacial score (nSPS) is 14.3. The van der Waals surface area contributed by atoms with Gasteiger partial charge in [-0.1, -0.05) is 45.9 Å². The second kappa shape index (κ2) is 14.9. The molecule has 3 amide bonds. The second-order valence-electron chi connectivity index (χ2n) is 10.5. The number of para-hydroxylation sites is 1. The monoisotopic (exact) mass is 558 g/mol. The van der Waals surface area contributed by atoms with Crippen LogP contribution in [0.4, 0.5) is 0 Å². The van der Waals surface area contributed by atoms with E-state index >= 15 is 0 Å². The van der Waals surface area contributed by atoms with E-state index in [1.807, 2.05) is 24.3 Å². The summed E-state index contributed by atoms with van der Waals surface area (Å²) in [5.74, 6) is -3.73. The molecule has 1 heterocycles. The fourth-order valence-electron chi connectivity index (χ4n) is 4.20. The van der Waals surface area contributed by atoms with Crippen LogP contribution in [-0.2, 0) is 25.6 Å². The van der Waals surface area contributed by atoms with Crippen molar-refractivity contribution in [2.75, 3.05) is 6.54 Å². The molecule has 4 atom stereocenters. The molecule has 13 heteroatoms. The van der Waals surface area contributed by atoms with Gasteiger partial charge in [-0.2, -0.15) is 0 Å². The summed E-state index contributed by atoms with van der Waals surface area (Å²) in [6.07, 6.45) is 2.63. The first-order valence-corrected chi connectivity index (χ1v) is 13.3. The first-order chi connectivity index (χ1) is 18.8. The van der Waals surface area contributed by atoms with E-state index in [9.17, 15) is 24.3 Å².